The molecule has 1 aromatic heterocycles. The maximum Gasteiger partial charge on any atom is 0.223 e. The van der Waals surface area contributed by atoms with E-state index in [1.807, 2.05) is 30.5 Å². The highest BCUT2D eigenvalue weighted by atomic mass is 19.1. The average Bonchev–Trinajstić information content (AvgIpc) is 2.81. The summed E-state index contributed by atoms with van der Waals surface area (Å²) in [5.74, 6) is 0.529. The van der Waals surface area contributed by atoms with Crippen molar-refractivity contribution in [2.75, 3.05) is 25.0 Å². The minimum absolute atomic E-state index is 0.0183. The lowest BCUT2D eigenvalue weighted by Gasteiger charge is -2.32. The molecule has 0 bridgehead atoms. The van der Waals surface area contributed by atoms with E-state index in [9.17, 15) is 4.39 Å². The molecule has 1 atom stereocenters. The van der Waals surface area contributed by atoms with Gasteiger partial charge in [-0.25, -0.2) is 14.4 Å². The van der Waals surface area contributed by atoms with Gasteiger partial charge in [0, 0.05) is 36.8 Å². The normalized spacial score (nSPS) is 19.0. The summed E-state index contributed by atoms with van der Waals surface area (Å²) in [6, 6.07) is 15.8. The molecule has 2 heterocycles. The van der Waals surface area contributed by atoms with Crippen LogP contribution in [0.3, 0.4) is 0 Å². The largest absolute Gasteiger partial charge is 0.351 e. The van der Waals surface area contributed by atoms with Crippen LogP contribution >= 0.6 is 0 Å². The number of hydrogen-bond donors (Lipinski definition) is 1. The van der Waals surface area contributed by atoms with Gasteiger partial charge < -0.3 is 10.2 Å². The molecule has 5 heteroatoms. The smallest absolute Gasteiger partial charge is 0.223 e. The first-order valence-corrected chi connectivity index (χ1v) is 11.4. The van der Waals surface area contributed by atoms with Gasteiger partial charge >= 0.3 is 0 Å². The van der Waals surface area contributed by atoms with E-state index in [4.69, 9.17) is 4.98 Å². The maximum atomic E-state index is 14.6. The van der Waals surface area contributed by atoms with E-state index in [1.165, 1.54) is 13.0 Å². The van der Waals surface area contributed by atoms with Gasteiger partial charge in [-0.05, 0) is 55.0 Å². The number of rotatable bonds is 5. The van der Waals surface area contributed by atoms with Crippen LogP contribution in [0.1, 0.15) is 48.8 Å². The highest BCUT2D eigenvalue weighted by Gasteiger charge is 2.29. The zero-order valence-corrected chi connectivity index (χ0v) is 18.0. The Balaban J connectivity index is 1.41. The number of piperidine rings is 1. The van der Waals surface area contributed by atoms with E-state index in [-0.39, 0.29) is 11.7 Å². The molecule has 1 fully saturated rings. The number of likely N-dealkylation sites (tertiary alicyclic amines) is 1. The summed E-state index contributed by atoms with van der Waals surface area (Å²) in [4.78, 5) is 12.1. The van der Waals surface area contributed by atoms with E-state index in [0.29, 0.717) is 18.4 Å². The Morgan fingerprint density at radius 1 is 1.03 bits per heavy atom. The SMILES string of the molecule is CCCN1CCC(Nc2ncc3c(n2)-c2ccccc2C(c2ccccc2F)C3)CC1. The van der Waals surface area contributed by atoms with Gasteiger partial charge in [-0.1, -0.05) is 49.4 Å². The van der Waals surface area contributed by atoms with Crippen LogP contribution in [0, 0.1) is 5.82 Å². The summed E-state index contributed by atoms with van der Waals surface area (Å²) < 4.78 is 14.6. The number of hydrogen-bond acceptors (Lipinski definition) is 4. The third-order valence-corrected chi connectivity index (χ3v) is 6.62. The molecule has 1 N–H and O–H groups in total. The molecule has 4 nitrogen and oxygen atoms in total. The van der Waals surface area contributed by atoms with Crippen LogP contribution in [0.15, 0.2) is 54.7 Å². The van der Waals surface area contributed by atoms with Crippen LogP contribution in [0.25, 0.3) is 11.3 Å². The molecule has 3 aromatic rings. The zero-order chi connectivity index (χ0) is 21.2. The van der Waals surface area contributed by atoms with Crippen LogP contribution in [-0.4, -0.2) is 40.5 Å². The van der Waals surface area contributed by atoms with E-state index in [1.54, 1.807) is 12.1 Å². The summed E-state index contributed by atoms with van der Waals surface area (Å²) in [5.41, 5.74) is 5.01. The summed E-state index contributed by atoms with van der Waals surface area (Å²) in [5, 5.41) is 3.57. The van der Waals surface area contributed by atoms with E-state index in [0.717, 1.165) is 53.9 Å². The Labute approximate surface area is 183 Å². The molecule has 1 saturated heterocycles. The van der Waals surface area contributed by atoms with Crippen LogP contribution in [0.5, 0.6) is 0 Å². The lowest BCUT2D eigenvalue weighted by molar-refractivity contribution is 0.219. The fourth-order valence-corrected chi connectivity index (χ4v) is 5.04. The Hall–Kier alpha value is -2.79. The first-order valence-electron chi connectivity index (χ1n) is 11.4. The van der Waals surface area contributed by atoms with Crippen LogP contribution in [-0.2, 0) is 6.42 Å². The third-order valence-electron chi connectivity index (χ3n) is 6.62. The van der Waals surface area contributed by atoms with Crippen molar-refractivity contribution < 1.29 is 4.39 Å². The van der Waals surface area contributed by atoms with Gasteiger partial charge in [-0.3, -0.25) is 0 Å². The van der Waals surface area contributed by atoms with E-state index in [2.05, 4.69) is 34.3 Å². The Bertz CT molecular complexity index is 1060. The highest BCUT2D eigenvalue weighted by molar-refractivity contribution is 5.72. The molecule has 2 aliphatic rings. The molecule has 1 aliphatic heterocycles. The average molecular weight is 417 g/mol. The molecule has 5 rings (SSSR count). The maximum absolute atomic E-state index is 14.6. The quantitative estimate of drug-likeness (QED) is 0.616. The third kappa shape index (κ3) is 4.07. The monoisotopic (exact) mass is 416 g/mol. The summed E-state index contributed by atoms with van der Waals surface area (Å²) in [6.45, 7) is 5.68. The van der Waals surface area contributed by atoms with Crippen molar-refractivity contribution in [2.24, 2.45) is 0 Å². The van der Waals surface area contributed by atoms with Gasteiger partial charge in [-0.2, -0.15) is 0 Å². The summed E-state index contributed by atoms with van der Waals surface area (Å²) in [6.07, 6.45) is 6.09. The number of halogens is 1. The second kappa shape index (κ2) is 8.75. The predicted molar refractivity (Wildman–Crippen MR) is 123 cm³/mol. The van der Waals surface area contributed by atoms with Gasteiger partial charge in [0.25, 0.3) is 0 Å². The molecule has 2 aromatic carbocycles. The molecular formula is C26H29FN4. The van der Waals surface area contributed by atoms with Crippen molar-refractivity contribution >= 4 is 5.95 Å². The van der Waals surface area contributed by atoms with Crippen molar-refractivity contribution in [3.63, 3.8) is 0 Å². The number of fused-ring (bicyclic) bond motifs is 3. The van der Waals surface area contributed by atoms with Crippen molar-refractivity contribution in [1.82, 2.24) is 14.9 Å². The van der Waals surface area contributed by atoms with Crippen molar-refractivity contribution in [3.8, 4) is 11.3 Å². The summed E-state index contributed by atoms with van der Waals surface area (Å²) >= 11 is 0. The molecule has 0 saturated carbocycles. The lowest BCUT2D eigenvalue weighted by Crippen LogP contribution is -2.39. The first-order chi connectivity index (χ1) is 15.2. The van der Waals surface area contributed by atoms with E-state index >= 15 is 0 Å². The molecule has 0 amide bonds. The lowest BCUT2D eigenvalue weighted by atomic mass is 9.78. The number of nitrogens with one attached hydrogen (secondary N) is 1. The van der Waals surface area contributed by atoms with Gasteiger partial charge in [0.1, 0.15) is 5.82 Å². The second-order valence-electron chi connectivity index (χ2n) is 8.69. The Morgan fingerprint density at radius 3 is 2.55 bits per heavy atom. The van der Waals surface area contributed by atoms with E-state index < -0.39 is 0 Å². The summed E-state index contributed by atoms with van der Waals surface area (Å²) in [7, 11) is 0. The fraction of sp³-hybridized carbons (Fsp3) is 0.385. The number of benzene rings is 2. The molecule has 0 spiro atoms. The number of aromatic nitrogens is 2. The van der Waals surface area contributed by atoms with Gasteiger partial charge in [0.05, 0.1) is 5.69 Å². The Morgan fingerprint density at radius 2 is 1.77 bits per heavy atom. The van der Waals surface area contributed by atoms with Crippen LogP contribution < -0.4 is 5.32 Å². The topological polar surface area (TPSA) is 41.0 Å². The van der Waals surface area contributed by atoms with Crippen LogP contribution in [0.2, 0.25) is 0 Å². The zero-order valence-electron chi connectivity index (χ0n) is 18.0. The minimum atomic E-state index is -0.153. The van der Waals surface area contributed by atoms with Gasteiger partial charge in [-0.15, -0.1) is 0 Å². The second-order valence-corrected chi connectivity index (χ2v) is 8.69. The van der Waals surface area contributed by atoms with Gasteiger partial charge in [0.2, 0.25) is 5.95 Å². The van der Waals surface area contributed by atoms with Crippen molar-refractivity contribution in [2.45, 2.75) is 44.6 Å². The predicted octanol–water partition coefficient (Wildman–Crippen LogP) is 5.26. The molecule has 160 valence electrons. The molecule has 31 heavy (non-hydrogen) atoms. The number of nitrogens with zero attached hydrogens (tertiary/aromatic N) is 3. The minimum Gasteiger partial charge on any atom is -0.351 e. The molecule has 1 unspecified atom stereocenters. The highest BCUT2D eigenvalue weighted by Crippen LogP contribution is 2.42. The fourth-order valence-electron chi connectivity index (χ4n) is 5.04. The Kier molecular flexibility index (Phi) is 5.68. The molecular weight excluding hydrogens is 387 g/mol. The first kappa shape index (κ1) is 20.1. The van der Waals surface area contributed by atoms with Crippen molar-refractivity contribution in [3.05, 3.63) is 77.2 Å². The molecule has 0 radical (unpaired) electrons. The van der Waals surface area contributed by atoms with Crippen LogP contribution in [0.4, 0.5) is 10.3 Å². The standard InChI is InChI=1S/C26H29FN4/c1-2-13-31-14-11-19(12-15-31)29-26-28-17-18-16-23(21-8-5-6-10-24(21)27)20-7-3-4-9-22(20)25(18)30-26/h3-10,17,19,23H,2,11-16H2,1H3,(H,28,29,30). The van der Waals surface area contributed by atoms with Gasteiger partial charge in [0.15, 0.2) is 0 Å². The molecule has 1 aliphatic carbocycles. The number of anilines is 1. The van der Waals surface area contributed by atoms with Crippen molar-refractivity contribution in [1.29, 1.82) is 0 Å².